The predicted octanol–water partition coefficient (Wildman–Crippen LogP) is 3.39. The van der Waals surface area contributed by atoms with Crippen LogP contribution in [0.2, 0.25) is 0 Å². The average Bonchev–Trinajstić information content (AvgIpc) is 2.98. The lowest BCUT2D eigenvalue weighted by Gasteiger charge is -2.02. The number of nitrogens with one attached hydrogen (secondary N) is 1. The molecular weight excluding hydrogens is 230 g/mol. The van der Waals surface area contributed by atoms with Gasteiger partial charge in [0.15, 0.2) is 5.82 Å². The second-order valence-corrected chi connectivity index (χ2v) is 4.65. The molecule has 84 valence electrons. The Bertz CT molecular complexity index is 611. The molecule has 3 nitrogen and oxygen atoms in total. The third kappa shape index (κ3) is 1.72. The number of hydrogen-bond acceptors (Lipinski definition) is 3. The van der Waals surface area contributed by atoms with E-state index in [1.807, 2.05) is 41.8 Å². The van der Waals surface area contributed by atoms with Gasteiger partial charge in [-0.3, -0.25) is 5.10 Å². The first-order chi connectivity index (χ1) is 8.36. The average molecular weight is 241 g/mol. The number of nitrogens with two attached hydrogens (primary N) is 1. The maximum atomic E-state index is 5.94. The molecule has 2 aromatic heterocycles. The van der Waals surface area contributed by atoms with Crippen LogP contribution in [0.15, 0.2) is 47.8 Å². The Morgan fingerprint density at radius 1 is 1.06 bits per heavy atom. The van der Waals surface area contributed by atoms with Crippen LogP contribution in [0, 0.1) is 0 Å². The molecular formula is C13H11N3S. The van der Waals surface area contributed by atoms with E-state index >= 15 is 0 Å². The number of nitrogen functional groups attached to an aromatic ring is 1. The number of hydrogen-bond donors (Lipinski definition) is 2. The lowest BCUT2D eigenvalue weighted by molar-refractivity contribution is 1.11. The van der Waals surface area contributed by atoms with E-state index in [0.717, 1.165) is 21.7 Å². The molecule has 0 saturated carbocycles. The lowest BCUT2D eigenvalue weighted by atomic mass is 10.0. The van der Waals surface area contributed by atoms with Gasteiger partial charge in [-0.25, -0.2) is 0 Å². The van der Waals surface area contributed by atoms with Gasteiger partial charge in [0.2, 0.25) is 0 Å². The van der Waals surface area contributed by atoms with E-state index in [-0.39, 0.29) is 0 Å². The zero-order valence-corrected chi connectivity index (χ0v) is 9.87. The molecule has 4 heteroatoms. The molecule has 0 atom stereocenters. The minimum absolute atomic E-state index is 0.541. The maximum absolute atomic E-state index is 5.94. The van der Waals surface area contributed by atoms with E-state index < -0.39 is 0 Å². The zero-order valence-electron chi connectivity index (χ0n) is 9.05. The lowest BCUT2D eigenvalue weighted by Crippen LogP contribution is -1.87. The van der Waals surface area contributed by atoms with Crippen LogP contribution in [0.4, 0.5) is 5.82 Å². The Morgan fingerprint density at radius 2 is 1.88 bits per heavy atom. The van der Waals surface area contributed by atoms with E-state index in [9.17, 15) is 0 Å². The van der Waals surface area contributed by atoms with Gasteiger partial charge in [0.25, 0.3) is 0 Å². The van der Waals surface area contributed by atoms with Crippen molar-refractivity contribution < 1.29 is 0 Å². The molecule has 0 amide bonds. The molecule has 2 heterocycles. The number of aromatic nitrogens is 2. The Kier molecular flexibility index (Phi) is 2.42. The zero-order chi connectivity index (χ0) is 11.7. The molecule has 0 aliphatic carbocycles. The highest BCUT2D eigenvalue weighted by atomic mass is 32.1. The van der Waals surface area contributed by atoms with Crippen LogP contribution in [0.25, 0.3) is 21.7 Å². The summed E-state index contributed by atoms with van der Waals surface area (Å²) in [6.07, 6.45) is 0. The SMILES string of the molecule is Nc1n[nH]c(-c2cccs2)c1-c1ccccc1. The summed E-state index contributed by atoms with van der Waals surface area (Å²) < 4.78 is 0. The first-order valence-electron chi connectivity index (χ1n) is 5.29. The molecule has 0 saturated heterocycles. The maximum Gasteiger partial charge on any atom is 0.153 e. The summed E-state index contributed by atoms with van der Waals surface area (Å²) in [5, 5.41) is 9.16. The van der Waals surface area contributed by atoms with Gasteiger partial charge in [-0.05, 0) is 17.0 Å². The van der Waals surface area contributed by atoms with Crippen LogP contribution in [0.1, 0.15) is 0 Å². The first-order valence-corrected chi connectivity index (χ1v) is 6.17. The third-order valence-corrected chi connectivity index (χ3v) is 3.51. The van der Waals surface area contributed by atoms with Gasteiger partial charge in [-0.2, -0.15) is 5.10 Å². The van der Waals surface area contributed by atoms with Crippen molar-refractivity contribution >= 4 is 17.2 Å². The quantitative estimate of drug-likeness (QED) is 0.722. The van der Waals surface area contributed by atoms with Crippen LogP contribution < -0.4 is 5.73 Å². The molecule has 0 bridgehead atoms. The van der Waals surface area contributed by atoms with Crippen molar-refractivity contribution in [1.29, 1.82) is 0 Å². The summed E-state index contributed by atoms with van der Waals surface area (Å²) in [5.41, 5.74) is 9.00. The van der Waals surface area contributed by atoms with Gasteiger partial charge < -0.3 is 5.73 Å². The summed E-state index contributed by atoms with van der Waals surface area (Å²) in [6.45, 7) is 0. The largest absolute Gasteiger partial charge is 0.382 e. The van der Waals surface area contributed by atoms with Crippen molar-refractivity contribution in [2.75, 3.05) is 5.73 Å². The fourth-order valence-electron chi connectivity index (χ4n) is 1.85. The first kappa shape index (κ1) is 10.1. The second-order valence-electron chi connectivity index (χ2n) is 3.70. The van der Waals surface area contributed by atoms with Crippen LogP contribution in [-0.2, 0) is 0 Å². The number of anilines is 1. The third-order valence-electron chi connectivity index (χ3n) is 2.62. The van der Waals surface area contributed by atoms with Crippen LogP contribution in [0.5, 0.6) is 0 Å². The number of thiophene rings is 1. The summed E-state index contributed by atoms with van der Waals surface area (Å²) >= 11 is 1.67. The van der Waals surface area contributed by atoms with E-state index in [2.05, 4.69) is 16.3 Å². The van der Waals surface area contributed by atoms with E-state index in [1.54, 1.807) is 11.3 Å². The molecule has 0 unspecified atom stereocenters. The molecule has 3 aromatic rings. The smallest absolute Gasteiger partial charge is 0.153 e. The molecule has 17 heavy (non-hydrogen) atoms. The van der Waals surface area contributed by atoms with Crippen molar-refractivity contribution in [3.8, 4) is 21.7 Å². The van der Waals surface area contributed by atoms with Gasteiger partial charge in [-0.15, -0.1) is 11.3 Å². The minimum atomic E-state index is 0.541. The van der Waals surface area contributed by atoms with Gasteiger partial charge in [0.05, 0.1) is 16.1 Å². The van der Waals surface area contributed by atoms with Crippen molar-refractivity contribution in [3.05, 3.63) is 47.8 Å². The number of rotatable bonds is 2. The molecule has 1 aromatic carbocycles. The van der Waals surface area contributed by atoms with Crippen LogP contribution >= 0.6 is 11.3 Å². The van der Waals surface area contributed by atoms with Crippen LogP contribution in [0.3, 0.4) is 0 Å². The van der Waals surface area contributed by atoms with Crippen molar-refractivity contribution in [2.45, 2.75) is 0 Å². The fraction of sp³-hybridized carbons (Fsp3) is 0. The normalized spacial score (nSPS) is 10.6. The molecule has 0 spiro atoms. The van der Waals surface area contributed by atoms with Gasteiger partial charge in [-0.1, -0.05) is 36.4 Å². The summed E-state index contributed by atoms with van der Waals surface area (Å²) in [5.74, 6) is 0.541. The number of H-pyrrole nitrogens is 1. The van der Waals surface area contributed by atoms with Crippen molar-refractivity contribution in [1.82, 2.24) is 10.2 Å². The van der Waals surface area contributed by atoms with E-state index in [4.69, 9.17) is 5.73 Å². The van der Waals surface area contributed by atoms with Crippen molar-refractivity contribution in [3.63, 3.8) is 0 Å². The summed E-state index contributed by atoms with van der Waals surface area (Å²) in [6, 6.07) is 14.1. The minimum Gasteiger partial charge on any atom is -0.382 e. The Labute approximate surface area is 103 Å². The predicted molar refractivity (Wildman–Crippen MR) is 71.7 cm³/mol. The topological polar surface area (TPSA) is 54.7 Å². The van der Waals surface area contributed by atoms with Crippen molar-refractivity contribution in [2.24, 2.45) is 0 Å². The Morgan fingerprint density at radius 3 is 2.59 bits per heavy atom. The monoisotopic (exact) mass is 241 g/mol. The highest BCUT2D eigenvalue weighted by Crippen LogP contribution is 2.36. The molecule has 3 N–H and O–H groups in total. The Hall–Kier alpha value is -2.07. The summed E-state index contributed by atoms with van der Waals surface area (Å²) in [4.78, 5) is 1.15. The van der Waals surface area contributed by atoms with Gasteiger partial charge in [0, 0.05) is 0 Å². The second kappa shape index (κ2) is 4.07. The number of aromatic amines is 1. The highest BCUT2D eigenvalue weighted by Gasteiger charge is 2.14. The Balaban J connectivity index is 2.20. The van der Waals surface area contributed by atoms with E-state index in [0.29, 0.717) is 5.82 Å². The number of benzene rings is 1. The fourth-order valence-corrected chi connectivity index (χ4v) is 2.58. The van der Waals surface area contributed by atoms with Gasteiger partial charge >= 0.3 is 0 Å². The molecule has 3 rings (SSSR count). The molecule has 0 aliphatic rings. The molecule has 0 aliphatic heterocycles. The van der Waals surface area contributed by atoms with E-state index in [1.165, 1.54) is 0 Å². The standard InChI is InChI=1S/C13H11N3S/c14-13-11(9-5-2-1-3-6-9)12(15-16-13)10-7-4-8-17-10/h1-8H,(H3,14,15,16). The molecule has 0 radical (unpaired) electrons. The summed E-state index contributed by atoms with van der Waals surface area (Å²) in [7, 11) is 0. The van der Waals surface area contributed by atoms with Gasteiger partial charge in [0.1, 0.15) is 0 Å². The highest BCUT2D eigenvalue weighted by molar-refractivity contribution is 7.13. The van der Waals surface area contributed by atoms with Crippen LogP contribution in [-0.4, -0.2) is 10.2 Å². The number of nitrogens with zero attached hydrogens (tertiary/aromatic N) is 1. The molecule has 0 fully saturated rings.